The Morgan fingerprint density at radius 3 is 2.71 bits per heavy atom. The number of hydrogen-bond donors (Lipinski definition) is 1. The van der Waals surface area contributed by atoms with Crippen LogP contribution in [0, 0.1) is 5.82 Å². The highest BCUT2D eigenvalue weighted by atomic mass is 79.9. The minimum atomic E-state index is -1.06. The van der Waals surface area contributed by atoms with E-state index in [9.17, 15) is 8.78 Å². The molecular weight excluding hydrogens is 252 g/mol. The van der Waals surface area contributed by atoms with Crippen molar-refractivity contribution in [1.29, 1.82) is 0 Å². The van der Waals surface area contributed by atoms with Crippen molar-refractivity contribution in [1.82, 2.24) is 0 Å². The number of rotatable bonds is 4. The summed E-state index contributed by atoms with van der Waals surface area (Å²) in [6, 6.07) is 4.63. The van der Waals surface area contributed by atoms with Gasteiger partial charge in [-0.05, 0) is 30.7 Å². The van der Waals surface area contributed by atoms with Gasteiger partial charge in [0.25, 0.3) is 0 Å². The number of halogens is 3. The Bertz CT molecular complexity index is 304. The lowest BCUT2D eigenvalue weighted by Crippen LogP contribution is -2.12. The van der Waals surface area contributed by atoms with E-state index in [1.165, 1.54) is 6.07 Å². The molecule has 0 amide bonds. The van der Waals surface area contributed by atoms with Crippen LogP contribution < -0.4 is 5.73 Å². The average molecular weight is 264 g/mol. The Hall–Kier alpha value is -0.480. The topological polar surface area (TPSA) is 26.0 Å². The van der Waals surface area contributed by atoms with Gasteiger partial charge in [-0.2, -0.15) is 0 Å². The van der Waals surface area contributed by atoms with Crippen molar-refractivity contribution in [3.8, 4) is 0 Å². The molecule has 0 saturated carbocycles. The molecule has 0 aromatic heterocycles. The number of benzene rings is 1. The zero-order valence-corrected chi connectivity index (χ0v) is 9.23. The summed E-state index contributed by atoms with van der Waals surface area (Å²) in [6.07, 6.45) is -0.693. The van der Waals surface area contributed by atoms with Gasteiger partial charge in [-0.15, -0.1) is 0 Å². The van der Waals surface area contributed by atoms with Crippen LogP contribution in [-0.2, 0) is 6.42 Å². The molecule has 0 bridgehead atoms. The van der Waals surface area contributed by atoms with Crippen molar-refractivity contribution in [2.24, 2.45) is 5.73 Å². The SMILES string of the molecule is NCCC(F)Cc1ccc(Br)cc1F. The van der Waals surface area contributed by atoms with Gasteiger partial charge >= 0.3 is 0 Å². The van der Waals surface area contributed by atoms with E-state index in [1.54, 1.807) is 12.1 Å². The molecule has 1 rings (SSSR count). The first-order chi connectivity index (χ1) is 6.63. The van der Waals surface area contributed by atoms with Crippen molar-refractivity contribution in [2.45, 2.75) is 19.0 Å². The van der Waals surface area contributed by atoms with E-state index in [1.807, 2.05) is 0 Å². The predicted molar refractivity (Wildman–Crippen MR) is 56.4 cm³/mol. The largest absolute Gasteiger partial charge is 0.330 e. The van der Waals surface area contributed by atoms with Crippen molar-refractivity contribution in [3.05, 3.63) is 34.1 Å². The molecule has 0 aliphatic carbocycles. The minimum absolute atomic E-state index is 0.0936. The van der Waals surface area contributed by atoms with E-state index in [0.717, 1.165) is 0 Å². The second kappa shape index (κ2) is 5.41. The molecule has 1 aromatic rings. The quantitative estimate of drug-likeness (QED) is 0.889. The molecule has 0 aliphatic rings. The van der Waals surface area contributed by atoms with E-state index < -0.39 is 6.17 Å². The average Bonchev–Trinajstić information content (AvgIpc) is 2.10. The number of alkyl halides is 1. The van der Waals surface area contributed by atoms with Gasteiger partial charge in [-0.25, -0.2) is 8.78 Å². The molecule has 1 unspecified atom stereocenters. The fourth-order valence-electron chi connectivity index (χ4n) is 1.21. The summed E-state index contributed by atoms with van der Waals surface area (Å²) in [4.78, 5) is 0. The summed E-state index contributed by atoms with van der Waals surface area (Å²) >= 11 is 3.14. The molecule has 14 heavy (non-hydrogen) atoms. The van der Waals surface area contributed by atoms with Crippen LogP contribution in [-0.4, -0.2) is 12.7 Å². The van der Waals surface area contributed by atoms with E-state index >= 15 is 0 Å². The summed E-state index contributed by atoms with van der Waals surface area (Å²) in [5, 5.41) is 0. The van der Waals surface area contributed by atoms with Crippen molar-refractivity contribution in [2.75, 3.05) is 6.54 Å². The molecule has 1 nitrogen and oxygen atoms in total. The fraction of sp³-hybridized carbons (Fsp3) is 0.400. The standard InChI is InChI=1S/C10H12BrF2N/c11-8-2-1-7(10(13)6-8)5-9(12)3-4-14/h1-2,6,9H,3-5,14H2. The van der Waals surface area contributed by atoms with Crippen molar-refractivity contribution < 1.29 is 8.78 Å². The second-order valence-corrected chi connectivity index (χ2v) is 4.03. The first-order valence-corrected chi connectivity index (χ1v) is 5.21. The van der Waals surface area contributed by atoms with E-state index in [-0.39, 0.29) is 18.7 Å². The molecule has 0 heterocycles. The molecule has 2 N–H and O–H groups in total. The summed E-state index contributed by atoms with van der Waals surface area (Å²) in [7, 11) is 0. The normalized spacial score (nSPS) is 12.9. The minimum Gasteiger partial charge on any atom is -0.330 e. The third kappa shape index (κ3) is 3.35. The van der Waals surface area contributed by atoms with Crippen molar-refractivity contribution in [3.63, 3.8) is 0 Å². The maximum atomic E-state index is 13.2. The molecule has 0 radical (unpaired) electrons. The molecule has 0 aliphatic heterocycles. The molecule has 4 heteroatoms. The molecule has 1 aromatic carbocycles. The highest BCUT2D eigenvalue weighted by Crippen LogP contribution is 2.17. The zero-order valence-electron chi connectivity index (χ0n) is 7.64. The van der Waals surface area contributed by atoms with Gasteiger partial charge in [-0.1, -0.05) is 22.0 Å². The maximum absolute atomic E-state index is 13.2. The van der Waals surface area contributed by atoms with Gasteiger partial charge in [0.1, 0.15) is 12.0 Å². The monoisotopic (exact) mass is 263 g/mol. The maximum Gasteiger partial charge on any atom is 0.127 e. The lowest BCUT2D eigenvalue weighted by atomic mass is 10.1. The highest BCUT2D eigenvalue weighted by Gasteiger charge is 2.10. The molecular formula is C10H12BrF2N. The molecule has 0 spiro atoms. The van der Waals surface area contributed by atoms with Crippen LogP contribution in [0.2, 0.25) is 0 Å². The van der Waals surface area contributed by atoms with E-state index in [4.69, 9.17) is 5.73 Å². The van der Waals surface area contributed by atoms with Gasteiger partial charge < -0.3 is 5.73 Å². The first-order valence-electron chi connectivity index (χ1n) is 4.41. The third-order valence-corrected chi connectivity index (χ3v) is 2.43. The Morgan fingerprint density at radius 2 is 2.14 bits per heavy atom. The lowest BCUT2D eigenvalue weighted by molar-refractivity contribution is 0.313. The second-order valence-electron chi connectivity index (χ2n) is 3.11. The summed E-state index contributed by atoms with van der Waals surface area (Å²) in [5.74, 6) is -0.376. The summed E-state index contributed by atoms with van der Waals surface area (Å²) in [5.41, 5.74) is 5.60. The Morgan fingerprint density at radius 1 is 1.43 bits per heavy atom. The van der Waals surface area contributed by atoms with Crippen molar-refractivity contribution >= 4 is 15.9 Å². The van der Waals surface area contributed by atoms with Crippen LogP contribution in [0.15, 0.2) is 22.7 Å². The summed E-state index contributed by atoms with van der Waals surface area (Å²) < 4.78 is 27.0. The molecule has 1 atom stereocenters. The lowest BCUT2D eigenvalue weighted by Gasteiger charge is -2.07. The smallest absolute Gasteiger partial charge is 0.127 e. The predicted octanol–water partition coefficient (Wildman–Crippen LogP) is 2.82. The summed E-state index contributed by atoms with van der Waals surface area (Å²) in [6.45, 7) is 0.291. The van der Waals surface area contributed by atoms with Crippen LogP contribution in [0.5, 0.6) is 0 Å². The van der Waals surface area contributed by atoms with Crippen LogP contribution in [0.3, 0.4) is 0 Å². The fourth-order valence-corrected chi connectivity index (χ4v) is 1.54. The van der Waals surface area contributed by atoms with Crippen LogP contribution in [0.4, 0.5) is 8.78 Å². The highest BCUT2D eigenvalue weighted by molar-refractivity contribution is 9.10. The van der Waals surface area contributed by atoms with Gasteiger partial charge in [0.2, 0.25) is 0 Å². The zero-order chi connectivity index (χ0) is 10.6. The van der Waals surface area contributed by atoms with E-state index in [2.05, 4.69) is 15.9 Å². The number of hydrogen-bond acceptors (Lipinski definition) is 1. The molecule has 0 saturated heterocycles. The Kier molecular flexibility index (Phi) is 4.48. The van der Waals surface area contributed by atoms with Gasteiger partial charge in [0, 0.05) is 10.9 Å². The Labute approximate surface area is 90.4 Å². The van der Waals surface area contributed by atoms with E-state index in [0.29, 0.717) is 16.6 Å². The third-order valence-electron chi connectivity index (χ3n) is 1.94. The van der Waals surface area contributed by atoms with Gasteiger partial charge in [0.05, 0.1) is 0 Å². The van der Waals surface area contributed by atoms with Crippen LogP contribution in [0.1, 0.15) is 12.0 Å². The Balaban J connectivity index is 2.67. The van der Waals surface area contributed by atoms with Crippen LogP contribution >= 0.6 is 15.9 Å². The van der Waals surface area contributed by atoms with Gasteiger partial charge in [0.15, 0.2) is 0 Å². The van der Waals surface area contributed by atoms with Gasteiger partial charge in [-0.3, -0.25) is 0 Å². The van der Waals surface area contributed by atoms with Crippen LogP contribution in [0.25, 0.3) is 0 Å². The molecule has 78 valence electrons. The first kappa shape index (κ1) is 11.6. The molecule has 0 fully saturated rings. The number of nitrogens with two attached hydrogens (primary N) is 1.